The molecular formula is C14H22N4O3. The number of carbonyl (C=O) groups excluding carboxylic acids is 1. The van der Waals surface area contributed by atoms with Crippen molar-refractivity contribution in [2.24, 2.45) is 5.41 Å². The molecule has 0 aliphatic carbocycles. The van der Waals surface area contributed by atoms with Crippen LogP contribution < -0.4 is 10.6 Å². The van der Waals surface area contributed by atoms with Crippen molar-refractivity contribution in [1.82, 2.24) is 20.6 Å². The third-order valence-electron chi connectivity index (χ3n) is 3.98. The Labute approximate surface area is 123 Å². The van der Waals surface area contributed by atoms with E-state index in [1.807, 2.05) is 13.8 Å². The Kier molecular flexibility index (Phi) is 4.62. The molecule has 0 radical (unpaired) electrons. The fraction of sp³-hybridized carbons (Fsp3) is 0.643. The highest BCUT2D eigenvalue weighted by Crippen LogP contribution is 2.30. The molecular weight excluding hydrogens is 272 g/mol. The van der Waals surface area contributed by atoms with Crippen LogP contribution in [0.3, 0.4) is 0 Å². The molecule has 0 bridgehead atoms. The van der Waals surface area contributed by atoms with E-state index in [9.17, 15) is 14.7 Å². The summed E-state index contributed by atoms with van der Waals surface area (Å²) >= 11 is 0. The molecule has 1 aliphatic rings. The van der Waals surface area contributed by atoms with Crippen molar-refractivity contribution < 1.29 is 14.7 Å². The van der Waals surface area contributed by atoms with Crippen LogP contribution in [0.1, 0.15) is 32.4 Å². The zero-order valence-corrected chi connectivity index (χ0v) is 12.3. The molecule has 7 heteroatoms. The van der Waals surface area contributed by atoms with Gasteiger partial charge in [-0.3, -0.25) is 4.79 Å². The number of aromatic nitrogens is 2. The van der Waals surface area contributed by atoms with E-state index in [2.05, 4.69) is 20.6 Å². The third-order valence-corrected chi connectivity index (χ3v) is 3.98. The van der Waals surface area contributed by atoms with Crippen molar-refractivity contribution in [2.45, 2.75) is 45.2 Å². The maximum atomic E-state index is 12.4. The molecule has 1 unspecified atom stereocenters. The summed E-state index contributed by atoms with van der Waals surface area (Å²) in [6.45, 7) is 4.82. The number of aromatic amines is 1. The fourth-order valence-electron chi connectivity index (χ4n) is 2.73. The Balaban J connectivity index is 2.02. The predicted octanol–water partition coefficient (Wildman–Crippen LogP) is 0.300. The molecule has 1 aromatic heterocycles. The van der Waals surface area contributed by atoms with Crippen LogP contribution >= 0.6 is 0 Å². The fourth-order valence-corrected chi connectivity index (χ4v) is 2.73. The van der Waals surface area contributed by atoms with Crippen molar-refractivity contribution in [3.63, 3.8) is 0 Å². The number of imidazole rings is 1. The highest BCUT2D eigenvalue weighted by Gasteiger charge is 2.38. The number of aliphatic carboxylic acids is 1. The number of nitrogens with zero attached hydrogens (tertiary/aromatic N) is 1. The highest BCUT2D eigenvalue weighted by molar-refractivity contribution is 5.87. The third kappa shape index (κ3) is 3.81. The van der Waals surface area contributed by atoms with E-state index >= 15 is 0 Å². The molecule has 1 aliphatic heterocycles. The molecule has 0 saturated carbocycles. The van der Waals surface area contributed by atoms with Gasteiger partial charge in [0.1, 0.15) is 6.04 Å². The summed E-state index contributed by atoms with van der Waals surface area (Å²) in [4.78, 5) is 30.4. The molecule has 1 saturated heterocycles. The second kappa shape index (κ2) is 6.26. The van der Waals surface area contributed by atoms with Crippen LogP contribution in [0.2, 0.25) is 0 Å². The molecule has 21 heavy (non-hydrogen) atoms. The molecule has 0 aromatic carbocycles. The summed E-state index contributed by atoms with van der Waals surface area (Å²) < 4.78 is 0. The molecule has 7 nitrogen and oxygen atoms in total. The van der Waals surface area contributed by atoms with E-state index in [4.69, 9.17) is 0 Å². The zero-order valence-electron chi connectivity index (χ0n) is 12.3. The minimum Gasteiger partial charge on any atom is -0.480 e. The zero-order chi connectivity index (χ0) is 15.5. The molecule has 1 aromatic rings. The van der Waals surface area contributed by atoms with Gasteiger partial charge in [-0.1, -0.05) is 13.8 Å². The van der Waals surface area contributed by atoms with Crippen LogP contribution in [-0.4, -0.2) is 45.6 Å². The van der Waals surface area contributed by atoms with Gasteiger partial charge in [-0.25, -0.2) is 9.78 Å². The molecule has 1 fully saturated rings. The Hall–Kier alpha value is -1.89. The standard InChI is InChI=1S/C14H22N4O3/c1-14(2)4-3-5-16-11(14)12(19)18-10(13(20)21)6-9-7-15-8-17-9/h7-8,10-11,16H,3-6H2,1-2H3,(H,15,17)(H,18,19)(H,20,21)/t10-,11?/m0/s1. The van der Waals surface area contributed by atoms with Crippen molar-refractivity contribution >= 4 is 11.9 Å². The van der Waals surface area contributed by atoms with Crippen LogP contribution in [0.15, 0.2) is 12.5 Å². The molecule has 1 amide bonds. The second-order valence-corrected chi connectivity index (χ2v) is 6.16. The smallest absolute Gasteiger partial charge is 0.326 e. The summed E-state index contributed by atoms with van der Waals surface area (Å²) in [7, 11) is 0. The molecule has 0 spiro atoms. The van der Waals surface area contributed by atoms with E-state index in [1.165, 1.54) is 6.33 Å². The summed E-state index contributed by atoms with van der Waals surface area (Å²) in [5.74, 6) is -1.31. The van der Waals surface area contributed by atoms with E-state index in [-0.39, 0.29) is 23.8 Å². The average Bonchev–Trinajstić information content (AvgIpc) is 2.90. The predicted molar refractivity (Wildman–Crippen MR) is 76.7 cm³/mol. The number of amides is 1. The van der Waals surface area contributed by atoms with E-state index in [0.29, 0.717) is 5.69 Å². The Morgan fingerprint density at radius 3 is 2.90 bits per heavy atom. The number of H-pyrrole nitrogens is 1. The molecule has 2 atom stereocenters. The van der Waals surface area contributed by atoms with Crippen molar-refractivity contribution in [3.05, 3.63) is 18.2 Å². The lowest BCUT2D eigenvalue weighted by Crippen LogP contribution is -2.58. The Bertz CT molecular complexity index is 498. The largest absolute Gasteiger partial charge is 0.480 e. The Morgan fingerprint density at radius 1 is 1.57 bits per heavy atom. The van der Waals surface area contributed by atoms with Crippen molar-refractivity contribution in [2.75, 3.05) is 6.54 Å². The maximum absolute atomic E-state index is 12.4. The molecule has 4 N–H and O–H groups in total. The highest BCUT2D eigenvalue weighted by atomic mass is 16.4. The quantitative estimate of drug-likeness (QED) is 0.625. The van der Waals surface area contributed by atoms with Gasteiger partial charge in [0.15, 0.2) is 0 Å². The number of carboxylic acids is 1. The van der Waals surface area contributed by atoms with Gasteiger partial charge < -0.3 is 20.7 Å². The van der Waals surface area contributed by atoms with Gasteiger partial charge in [0.2, 0.25) is 5.91 Å². The first-order valence-corrected chi connectivity index (χ1v) is 7.14. The van der Waals surface area contributed by atoms with Gasteiger partial charge in [-0.15, -0.1) is 0 Å². The first-order chi connectivity index (χ1) is 9.90. The van der Waals surface area contributed by atoms with Gasteiger partial charge >= 0.3 is 5.97 Å². The van der Waals surface area contributed by atoms with Gasteiger partial charge in [0.25, 0.3) is 0 Å². The topological polar surface area (TPSA) is 107 Å². The van der Waals surface area contributed by atoms with Gasteiger partial charge in [-0.2, -0.15) is 0 Å². The minimum absolute atomic E-state index is 0.181. The lowest BCUT2D eigenvalue weighted by molar-refractivity contribution is -0.142. The number of nitrogens with one attached hydrogen (secondary N) is 3. The summed E-state index contributed by atoms with van der Waals surface area (Å²) in [6, 6.07) is -1.33. The van der Waals surface area contributed by atoms with Crippen LogP contribution in [0.4, 0.5) is 0 Å². The number of carbonyl (C=O) groups is 2. The van der Waals surface area contributed by atoms with Crippen LogP contribution in [-0.2, 0) is 16.0 Å². The summed E-state index contributed by atoms with van der Waals surface area (Å²) in [5.41, 5.74) is 0.498. The average molecular weight is 294 g/mol. The number of carboxylic acid groups (broad SMARTS) is 1. The van der Waals surface area contributed by atoms with Gasteiger partial charge in [0, 0.05) is 18.3 Å². The lowest BCUT2D eigenvalue weighted by Gasteiger charge is -2.38. The lowest BCUT2D eigenvalue weighted by atomic mass is 9.77. The summed E-state index contributed by atoms with van der Waals surface area (Å²) in [6.07, 6.45) is 5.20. The monoisotopic (exact) mass is 294 g/mol. The Morgan fingerprint density at radius 2 is 2.33 bits per heavy atom. The molecule has 2 heterocycles. The van der Waals surface area contributed by atoms with E-state index < -0.39 is 12.0 Å². The SMILES string of the molecule is CC1(C)CCCNC1C(=O)N[C@@H](Cc1cnc[nH]1)C(=O)O. The number of piperidine rings is 1. The molecule has 116 valence electrons. The van der Waals surface area contributed by atoms with Gasteiger partial charge in [-0.05, 0) is 24.8 Å². The van der Waals surface area contributed by atoms with Crippen LogP contribution in [0, 0.1) is 5.41 Å². The number of hydrogen-bond donors (Lipinski definition) is 4. The van der Waals surface area contributed by atoms with Crippen molar-refractivity contribution in [3.8, 4) is 0 Å². The van der Waals surface area contributed by atoms with Crippen LogP contribution in [0.25, 0.3) is 0 Å². The van der Waals surface area contributed by atoms with E-state index in [0.717, 1.165) is 19.4 Å². The normalized spacial score (nSPS) is 22.5. The molecule has 2 rings (SSSR count). The second-order valence-electron chi connectivity index (χ2n) is 6.16. The van der Waals surface area contributed by atoms with E-state index in [1.54, 1.807) is 6.20 Å². The first kappa shape index (κ1) is 15.5. The number of rotatable bonds is 5. The maximum Gasteiger partial charge on any atom is 0.326 e. The van der Waals surface area contributed by atoms with Gasteiger partial charge in [0.05, 0.1) is 12.4 Å². The summed E-state index contributed by atoms with van der Waals surface area (Å²) in [5, 5.41) is 15.1. The first-order valence-electron chi connectivity index (χ1n) is 7.14. The van der Waals surface area contributed by atoms with Crippen LogP contribution in [0.5, 0.6) is 0 Å². The number of hydrogen-bond acceptors (Lipinski definition) is 4. The minimum atomic E-state index is -1.05. The van der Waals surface area contributed by atoms with Crippen molar-refractivity contribution in [1.29, 1.82) is 0 Å².